The minimum absolute atomic E-state index is 0.0397. The maximum Gasteiger partial charge on any atom is 0.241 e. The van der Waals surface area contributed by atoms with Gasteiger partial charge in [0.1, 0.15) is 0 Å². The van der Waals surface area contributed by atoms with Gasteiger partial charge in [0.15, 0.2) is 0 Å². The fourth-order valence-electron chi connectivity index (χ4n) is 1.35. The van der Waals surface area contributed by atoms with Crippen molar-refractivity contribution in [3.05, 3.63) is 22.7 Å². The molecule has 6 nitrogen and oxygen atoms in total. The lowest BCUT2D eigenvalue weighted by Crippen LogP contribution is -2.26. The van der Waals surface area contributed by atoms with E-state index in [4.69, 9.17) is 15.6 Å². The van der Waals surface area contributed by atoms with E-state index in [1.807, 2.05) is 0 Å². The number of aliphatic hydroxyl groups excluding tert-OH is 1. The zero-order chi connectivity index (χ0) is 14.3. The summed E-state index contributed by atoms with van der Waals surface area (Å²) in [5.74, 6) is 0. The van der Waals surface area contributed by atoms with E-state index in [9.17, 15) is 8.42 Å². The third kappa shape index (κ3) is 5.45. The van der Waals surface area contributed by atoms with Gasteiger partial charge in [0.25, 0.3) is 0 Å². The number of nitrogens with two attached hydrogens (primary N) is 1. The molecule has 19 heavy (non-hydrogen) atoms. The van der Waals surface area contributed by atoms with Crippen molar-refractivity contribution in [2.24, 2.45) is 0 Å². The molecule has 1 aromatic rings. The lowest BCUT2D eigenvalue weighted by Gasteiger charge is -2.09. The Morgan fingerprint density at radius 3 is 2.79 bits per heavy atom. The predicted octanol–water partition coefficient (Wildman–Crippen LogP) is 0.709. The van der Waals surface area contributed by atoms with E-state index < -0.39 is 10.0 Å². The van der Waals surface area contributed by atoms with E-state index in [0.29, 0.717) is 23.2 Å². The number of benzene rings is 1. The molecule has 0 atom stereocenters. The van der Waals surface area contributed by atoms with Crippen molar-refractivity contribution in [1.29, 1.82) is 0 Å². The Bertz CT molecular complexity index is 507. The Labute approximate surface area is 121 Å². The zero-order valence-corrected chi connectivity index (χ0v) is 12.7. The first-order chi connectivity index (χ1) is 8.97. The quantitative estimate of drug-likeness (QED) is 0.472. The molecule has 0 aliphatic heterocycles. The van der Waals surface area contributed by atoms with E-state index >= 15 is 0 Å². The molecular weight excluding hydrogens is 336 g/mol. The molecule has 0 bridgehead atoms. The average Bonchev–Trinajstić information content (AvgIpc) is 2.36. The summed E-state index contributed by atoms with van der Waals surface area (Å²) in [5.41, 5.74) is 5.96. The highest BCUT2D eigenvalue weighted by Gasteiger charge is 2.17. The minimum atomic E-state index is -3.59. The Morgan fingerprint density at radius 2 is 2.11 bits per heavy atom. The molecule has 0 aliphatic rings. The van der Waals surface area contributed by atoms with Crippen molar-refractivity contribution in [2.45, 2.75) is 11.3 Å². The van der Waals surface area contributed by atoms with Crippen LogP contribution in [0.3, 0.4) is 0 Å². The highest BCUT2D eigenvalue weighted by Crippen LogP contribution is 2.23. The number of halogens is 1. The number of nitrogens with one attached hydrogen (secondary N) is 1. The highest BCUT2D eigenvalue weighted by atomic mass is 79.9. The molecule has 0 amide bonds. The Morgan fingerprint density at radius 1 is 1.37 bits per heavy atom. The van der Waals surface area contributed by atoms with Crippen LogP contribution in [0.1, 0.15) is 6.42 Å². The fourth-order valence-corrected chi connectivity index (χ4v) is 3.42. The smallest absolute Gasteiger partial charge is 0.241 e. The summed E-state index contributed by atoms with van der Waals surface area (Å²) in [7, 11) is -3.59. The summed E-state index contributed by atoms with van der Waals surface area (Å²) in [6, 6.07) is 4.61. The summed E-state index contributed by atoms with van der Waals surface area (Å²) >= 11 is 3.18. The second-order valence-electron chi connectivity index (χ2n) is 3.78. The number of hydrogen-bond donors (Lipinski definition) is 3. The van der Waals surface area contributed by atoms with Gasteiger partial charge in [-0.2, -0.15) is 0 Å². The number of aliphatic hydroxyl groups is 1. The molecule has 0 heterocycles. The number of anilines is 1. The average molecular weight is 353 g/mol. The van der Waals surface area contributed by atoms with Gasteiger partial charge in [-0.25, -0.2) is 13.1 Å². The first-order valence-corrected chi connectivity index (χ1v) is 7.98. The Hall–Kier alpha value is -0.670. The molecule has 1 aromatic carbocycles. The van der Waals surface area contributed by atoms with Gasteiger partial charge in [0.2, 0.25) is 10.0 Å². The van der Waals surface area contributed by atoms with Crippen molar-refractivity contribution in [3.8, 4) is 0 Å². The minimum Gasteiger partial charge on any atom is -0.399 e. The SMILES string of the molecule is Nc1ccc(Br)c(S(=O)(=O)NCCCOCCO)c1. The largest absolute Gasteiger partial charge is 0.399 e. The second-order valence-corrected chi connectivity index (χ2v) is 6.37. The normalized spacial score (nSPS) is 11.7. The number of rotatable bonds is 8. The summed E-state index contributed by atoms with van der Waals surface area (Å²) < 4.78 is 32.0. The van der Waals surface area contributed by atoms with Crippen molar-refractivity contribution < 1.29 is 18.3 Å². The monoisotopic (exact) mass is 352 g/mol. The van der Waals surface area contributed by atoms with E-state index in [1.165, 1.54) is 6.07 Å². The molecule has 0 saturated carbocycles. The van der Waals surface area contributed by atoms with Crippen LogP contribution in [0.25, 0.3) is 0 Å². The molecule has 108 valence electrons. The van der Waals surface area contributed by atoms with E-state index in [0.717, 1.165) is 0 Å². The van der Waals surface area contributed by atoms with E-state index in [1.54, 1.807) is 12.1 Å². The van der Waals surface area contributed by atoms with Gasteiger partial charge >= 0.3 is 0 Å². The zero-order valence-electron chi connectivity index (χ0n) is 10.3. The van der Waals surface area contributed by atoms with Crippen molar-refractivity contribution in [3.63, 3.8) is 0 Å². The van der Waals surface area contributed by atoms with Crippen LogP contribution in [0.15, 0.2) is 27.6 Å². The fraction of sp³-hybridized carbons (Fsp3) is 0.455. The predicted molar refractivity (Wildman–Crippen MR) is 76.3 cm³/mol. The Kier molecular flexibility index (Phi) is 6.73. The van der Waals surface area contributed by atoms with Crippen LogP contribution in [0, 0.1) is 0 Å². The standard InChI is InChI=1S/C11H17BrN2O4S/c12-10-3-2-9(13)8-11(10)19(16,17)14-4-1-6-18-7-5-15/h2-3,8,14-15H,1,4-7,13H2. The number of ether oxygens (including phenoxy) is 1. The van der Waals surface area contributed by atoms with Gasteiger partial charge in [0.05, 0.1) is 18.1 Å². The van der Waals surface area contributed by atoms with E-state index in [2.05, 4.69) is 20.7 Å². The molecule has 0 spiro atoms. The lowest BCUT2D eigenvalue weighted by atomic mass is 10.3. The maximum absolute atomic E-state index is 12.0. The van der Waals surface area contributed by atoms with Gasteiger partial charge < -0.3 is 15.6 Å². The molecule has 0 unspecified atom stereocenters. The second kappa shape index (κ2) is 7.81. The van der Waals surface area contributed by atoms with Crippen LogP contribution in [0.4, 0.5) is 5.69 Å². The van der Waals surface area contributed by atoms with Gasteiger partial charge in [-0.15, -0.1) is 0 Å². The number of hydrogen-bond acceptors (Lipinski definition) is 5. The van der Waals surface area contributed by atoms with Crippen molar-refractivity contribution >= 4 is 31.6 Å². The molecule has 0 aromatic heterocycles. The van der Waals surface area contributed by atoms with Gasteiger partial charge in [-0.1, -0.05) is 0 Å². The van der Waals surface area contributed by atoms with Crippen LogP contribution >= 0.6 is 15.9 Å². The topological polar surface area (TPSA) is 102 Å². The summed E-state index contributed by atoms with van der Waals surface area (Å²) in [6.45, 7) is 0.867. The molecular formula is C11H17BrN2O4S. The molecule has 4 N–H and O–H groups in total. The van der Waals surface area contributed by atoms with Crippen molar-refractivity contribution in [2.75, 3.05) is 32.1 Å². The summed E-state index contributed by atoms with van der Waals surface area (Å²) in [4.78, 5) is 0.115. The van der Waals surface area contributed by atoms with Crippen LogP contribution in [-0.4, -0.2) is 39.9 Å². The molecule has 0 fully saturated rings. The van der Waals surface area contributed by atoms with Gasteiger partial charge in [-0.3, -0.25) is 0 Å². The first kappa shape index (κ1) is 16.4. The summed E-state index contributed by atoms with van der Waals surface area (Å²) in [6.07, 6.45) is 0.527. The summed E-state index contributed by atoms with van der Waals surface area (Å²) in [5, 5.41) is 8.50. The van der Waals surface area contributed by atoms with Gasteiger partial charge in [-0.05, 0) is 40.5 Å². The Balaban J connectivity index is 2.54. The van der Waals surface area contributed by atoms with Crippen LogP contribution < -0.4 is 10.5 Å². The van der Waals surface area contributed by atoms with Crippen LogP contribution in [-0.2, 0) is 14.8 Å². The third-order valence-electron chi connectivity index (χ3n) is 2.24. The number of nitrogen functional groups attached to an aromatic ring is 1. The highest BCUT2D eigenvalue weighted by molar-refractivity contribution is 9.10. The molecule has 0 aliphatic carbocycles. The van der Waals surface area contributed by atoms with E-state index in [-0.39, 0.29) is 24.7 Å². The van der Waals surface area contributed by atoms with Crippen LogP contribution in [0.5, 0.6) is 0 Å². The molecule has 8 heteroatoms. The maximum atomic E-state index is 12.0. The first-order valence-electron chi connectivity index (χ1n) is 5.70. The third-order valence-corrected chi connectivity index (χ3v) is 4.69. The van der Waals surface area contributed by atoms with Crippen LogP contribution in [0.2, 0.25) is 0 Å². The number of sulfonamides is 1. The van der Waals surface area contributed by atoms with Crippen molar-refractivity contribution in [1.82, 2.24) is 4.72 Å². The molecule has 0 saturated heterocycles. The molecule has 0 radical (unpaired) electrons. The lowest BCUT2D eigenvalue weighted by molar-refractivity contribution is 0.0913. The molecule has 1 rings (SSSR count). The van der Waals surface area contributed by atoms with Gasteiger partial charge in [0, 0.05) is 23.3 Å².